The van der Waals surface area contributed by atoms with Gasteiger partial charge in [-0.3, -0.25) is 9.58 Å². The van der Waals surface area contributed by atoms with Crippen LogP contribution in [0.4, 0.5) is 18.9 Å². The van der Waals surface area contributed by atoms with Gasteiger partial charge in [0.05, 0.1) is 40.2 Å². The highest BCUT2D eigenvalue weighted by molar-refractivity contribution is 7.91. The second kappa shape index (κ2) is 8.12. The molecule has 2 aliphatic rings. The van der Waals surface area contributed by atoms with E-state index in [4.69, 9.17) is 0 Å². The minimum absolute atomic E-state index is 0.0987. The number of nitrogens with zero attached hydrogens (tertiary/aromatic N) is 4. The zero-order valence-electron chi connectivity index (χ0n) is 17.7. The number of halogens is 3. The normalized spacial score (nSPS) is 22.2. The van der Waals surface area contributed by atoms with E-state index < -0.39 is 21.6 Å². The number of sulfone groups is 1. The van der Waals surface area contributed by atoms with Crippen LogP contribution in [0.3, 0.4) is 0 Å². The van der Waals surface area contributed by atoms with E-state index in [-0.39, 0.29) is 17.5 Å². The van der Waals surface area contributed by atoms with Gasteiger partial charge in [0.1, 0.15) is 0 Å². The topological polar surface area (TPSA) is 58.4 Å². The van der Waals surface area contributed by atoms with E-state index in [0.29, 0.717) is 13.0 Å². The molecule has 2 fully saturated rings. The summed E-state index contributed by atoms with van der Waals surface area (Å²) >= 11 is 0. The second-order valence-corrected chi connectivity index (χ2v) is 10.7. The first-order valence-corrected chi connectivity index (χ1v) is 12.3. The van der Waals surface area contributed by atoms with Crippen LogP contribution in [0.2, 0.25) is 0 Å². The Morgan fingerprint density at radius 1 is 1.06 bits per heavy atom. The molecule has 3 heterocycles. The van der Waals surface area contributed by atoms with Gasteiger partial charge < -0.3 is 4.90 Å². The molecule has 2 saturated heterocycles. The first kappa shape index (κ1) is 22.1. The van der Waals surface area contributed by atoms with Gasteiger partial charge in [0.15, 0.2) is 9.84 Å². The van der Waals surface area contributed by atoms with Crippen molar-refractivity contribution in [2.75, 3.05) is 42.6 Å². The molecule has 170 valence electrons. The van der Waals surface area contributed by atoms with E-state index in [9.17, 15) is 21.6 Å². The van der Waals surface area contributed by atoms with Crippen LogP contribution in [0.25, 0.3) is 0 Å². The van der Waals surface area contributed by atoms with Crippen molar-refractivity contribution in [2.24, 2.45) is 0 Å². The van der Waals surface area contributed by atoms with Crippen LogP contribution in [0.1, 0.15) is 35.0 Å². The molecule has 0 amide bonds. The van der Waals surface area contributed by atoms with E-state index >= 15 is 0 Å². The molecular weight excluding hydrogens is 429 g/mol. The first-order chi connectivity index (χ1) is 14.5. The van der Waals surface area contributed by atoms with Crippen LogP contribution in [-0.2, 0) is 22.6 Å². The molecule has 1 aromatic carbocycles. The summed E-state index contributed by atoms with van der Waals surface area (Å²) in [6.07, 6.45) is -3.71. The van der Waals surface area contributed by atoms with Crippen molar-refractivity contribution < 1.29 is 21.6 Å². The predicted molar refractivity (Wildman–Crippen MR) is 113 cm³/mol. The molecule has 2 aromatic rings. The maximum atomic E-state index is 12.7. The summed E-state index contributed by atoms with van der Waals surface area (Å²) in [5.41, 5.74) is 3.20. The zero-order chi connectivity index (χ0) is 22.4. The summed E-state index contributed by atoms with van der Waals surface area (Å²) < 4.78 is 63.8. The monoisotopic (exact) mass is 456 g/mol. The number of hydrogen-bond acceptors (Lipinski definition) is 5. The van der Waals surface area contributed by atoms with Gasteiger partial charge >= 0.3 is 6.18 Å². The number of piperazine rings is 1. The lowest BCUT2D eigenvalue weighted by molar-refractivity contribution is -0.137. The van der Waals surface area contributed by atoms with Gasteiger partial charge in [-0.2, -0.15) is 18.3 Å². The summed E-state index contributed by atoms with van der Waals surface area (Å²) in [6.45, 7) is 7.73. The third-order valence-corrected chi connectivity index (χ3v) is 7.97. The van der Waals surface area contributed by atoms with Crippen LogP contribution < -0.4 is 4.90 Å². The number of rotatable bonds is 4. The Bertz CT molecular complexity index is 1040. The number of anilines is 1. The summed E-state index contributed by atoms with van der Waals surface area (Å²) in [6, 6.07) is 5.26. The van der Waals surface area contributed by atoms with Gasteiger partial charge in [0.2, 0.25) is 0 Å². The minimum Gasteiger partial charge on any atom is -0.366 e. The largest absolute Gasteiger partial charge is 0.416 e. The third kappa shape index (κ3) is 4.74. The van der Waals surface area contributed by atoms with Crippen molar-refractivity contribution in [3.8, 4) is 0 Å². The lowest BCUT2D eigenvalue weighted by Crippen LogP contribution is -2.46. The molecular formula is C21H27F3N4O2S. The Hall–Kier alpha value is -2.07. The third-order valence-electron chi connectivity index (χ3n) is 6.22. The van der Waals surface area contributed by atoms with E-state index in [2.05, 4.69) is 14.9 Å². The molecule has 2 aliphatic heterocycles. The number of benzene rings is 1. The van der Waals surface area contributed by atoms with Gasteiger partial charge in [0, 0.05) is 32.7 Å². The van der Waals surface area contributed by atoms with Crippen molar-refractivity contribution in [3.05, 3.63) is 46.8 Å². The summed E-state index contributed by atoms with van der Waals surface area (Å²) in [5, 5.41) is 4.65. The molecule has 6 nitrogen and oxygen atoms in total. The molecule has 0 radical (unpaired) electrons. The Morgan fingerprint density at radius 3 is 2.26 bits per heavy atom. The molecule has 4 rings (SSSR count). The van der Waals surface area contributed by atoms with Crippen LogP contribution in [0.15, 0.2) is 24.3 Å². The molecule has 0 bridgehead atoms. The van der Waals surface area contributed by atoms with E-state index in [1.54, 1.807) is 12.1 Å². The van der Waals surface area contributed by atoms with Crippen molar-refractivity contribution >= 4 is 15.5 Å². The smallest absolute Gasteiger partial charge is 0.366 e. The van der Waals surface area contributed by atoms with Crippen molar-refractivity contribution in [1.82, 2.24) is 14.7 Å². The fourth-order valence-electron chi connectivity index (χ4n) is 4.62. The van der Waals surface area contributed by atoms with Crippen LogP contribution in [-0.4, -0.2) is 60.8 Å². The maximum absolute atomic E-state index is 12.7. The van der Waals surface area contributed by atoms with E-state index in [1.807, 2.05) is 18.5 Å². The Balaban J connectivity index is 1.39. The van der Waals surface area contributed by atoms with Gasteiger partial charge in [-0.1, -0.05) is 12.1 Å². The maximum Gasteiger partial charge on any atom is 0.416 e. The van der Waals surface area contributed by atoms with Crippen LogP contribution in [0.5, 0.6) is 0 Å². The average Bonchev–Trinajstić information content (AvgIpc) is 3.20. The van der Waals surface area contributed by atoms with Gasteiger partial charge in [-0.05, 0) is 38.0 Å². The molecule has 1 unspecified atom stereocenters. The lowest BCUT2D eigenvalue weighted by atomic mass is 10.1. The first-order valence-electron chi connectivity index (χ1n) is 10.4. The summed E-state index contributed by atoms with van der Waals surface area (Å²) in [5.74, 6) is 0.364. The fraction of sp³-hybridized carbons (Fsp3) is 0.571. The Morgan fingerprint density at radius 2 is 1.71 bits per heavy atom. The highest BCUT2D eigenvalue weighted by Gasteiger charge is 2.33. The van der Waals surface area contributed by atoms with Crippen molar-refractivity contribution in [2.45, 2.75) is 39.0 Å². The molecule has 31 heavy (non-hydrogen) atoms. The van der Waals surface area contributed by atoms with Crippen molar-refractivity contribution in [1.29, 1.82) is 0 Å². The van der Waals surface area contributed by atoms with Gasteiger partial charge in [-0.25, -0.2) is 8.42 Å². The average molecular weight is 457 g/mol. The molecule has 1 atom stereocenters. The fourth-order valence-corrected chi connectivity index (χ4v) is 6.31. The standard InChI is InChI=1S/C21H27F3N4O2S/c1-15-20(16(2)28(25-15)19-7-12-31(29,30)14-19)27-10-8-26(9-11-27)13-17-3-5-18(6-4-17)21(22,23)24/h3-6,19H,7-14H2,1-2H3. The molecule has 0 N–H and O–H groups in total. The predicted octanol–water partition coefficient (Wildman–Crippen LogP) is 3.20. The van der Waals surface area contributed by atoms with Gasteiger partial charge in [-0.15, -0.1) is 0 Å². The highest BCUT2D eigenvalue weighted by atomic mass is 32.2. The van der Waals surface area contributed by atoms with E-state index in [0.717, 1.165) is 61.0 Å². The molecule has 1 aromatic heterocycles. The minimum atomic E-state index is -4.31. The quantitative estimate of drug-likeness (QED) is 0.707. The molecule has 0 spiro atoms. The van der Waals surface area contributed by atoms with Crippen molar-refractivity contribution in [3.63, 3.8) is 0 Å². The number of aryl methyl sites for hydroxylation is 1. The highest BCUT2D eigenvalue weighted by Crippen LogP contribution is 2.32. The van der Waals surface area contributed by atoms with E-state index in [1.165, 1.54) is 0 Å². The SMILES string of the molecule is Cc1nn(C2CCS(=O)(=O)C2)c(C)c1N1CCN(Cc2ccc(C(F)(F)F)cc2)CC1. The number of hydrogen-bond donors (Lipinski definition) is 0. The van der Waals surface area contributed by atoms with Gasteiger partial charge in [0.25, 0.3) is 0 Å². The number of aromatic nitrogens is 2. The Kier molecular flexibility index (Phi) is 5.80. The molecule has 10 heteroatoms. The van der Waals surface area contributed by atoms with Crippen LogP contribution >= 0.6 is 0 Å². The summed E-state index contributed by atoms with van der Waals surface area (Å²) in [7, 11) is -2.98. The molecule has 0 aliphatic carbocycles. The lowest BCUT2D eigenvalue weighted by Gasteiger charge is -2.36. The zero-order valence-corrected chi connectivity index (χ0v) is 18.5. The summed E-state index contributed by atoms with van der Waals surface area (Å²) in [4.78, 5) is 4.51. The Labute approximate surface area is 180 Å². The molecule has 0 saturated carbocycles. The van der Waals surface area contributed by atoms with Crippen LogP contribution in [0, 0.1) is 13.8 Å². The second-order valence-electron chi connectivity index (χ2n) is 8.48. The number of alkyl halides is 3.